The first-order chi connectivity index (χ1) is 10.3. The van der Waals surface area contributed by atoms with Crippen LogP contribution in [-0.4, -0.2) is 46.9 Å². The molecule has 4 nitrogen and oxygen atoms in total. The van der Waals surface area contributed by atoms with Gasteiger partial charge in [-0.2, -0.15) is 0 Å². The van der Waals surface area contributed by atoms with Crippen molar-refractivity contribution in [2.24, 2.45) is 5.92 Å². The number of carbonyl (C=O) groups excluding carboxylic acids is 1. The lowest BCUT2D eigenvalue weighted by atomic mass is 9.83. The number of fused-ring (bicyclic) bond motifs is 3. The predicted octanol–water partition coefficient (Wildman–Crippen LogP) is 1.81. The van der Waals surface area contributed by atoms with Crippen LogP contribution in [0.25, 0.3) is 0 Å². The fourth-order valence-corrected chi connectivity index (χ4v) is 5.26. The van der Waals surface area contributed by atoms with Crippen LogP contribution in [0, 0.1) is 5.92 Å². The van der Waals surface area contributed by atoms with Gasteiger partial charge in [0.2, 0.25) is 5.91 Å². The van der Waals surface area contributed by atoms with E-state index in [-0.39, 0.29) is 11.7 Å². The highest BCUT2D eigenvalue weighted by Gasteiger charge is 2.61. The molecule has 112 valence electrons. The molecule has 4 saturated heterocycles. The standard InChI is InChI=1S/C16H21N3OS/c20-15-16(5-6-16)17-14(13-2-1-9-21-13)19(15)12-10-18-7-3-11(12)4-8-18/h1-2,9,11-12,14,17H,3-8,10H2. The van der Waals surface area contributed by atoms with E-state index in [4.69, 9.17) is 0 Å². The Bertz CT molecular complexity index is 560. The first-order valence-electron chi connectivity index (χ1n) is 8.13. The van der Waals surface area contributed by atoms with Gasteiger partial charge in [0.15, 0.2) is 0 Å². The molecule has 1 amide bonds. The van der Waals surface area contributed by atoms with E-state index in [1.807, 2.05) is 0 Å². The molecule has 2 bridgehead atoms. The zero-order valence-electron chi connectivity index (χ0n) is 12.1. The van der Waals surface area contributed by atoms with Gasteiger partial charge >= 0.3 is 0 Å². The topological polar surface area (TPSA) is 35.6 Å². The van der Waals surface area contributed by atoms with Crippen molar-refractivity contribution in [3.8, 4) is 0 Å². The van der Waals surface area contributed by atoms with Gasteiger partial charge < -0.3 is 9.80 Å². The summed E-state index contributed by atoms with van der Waals surface area (Å²) in [4.78, 5) is 19.1. The molecule has 4 aliphatic heterocycles. The third kappa shape index (κ3) is 1.77. The number of hydrogen-bond acceptors (Lipinski definition) is 4. The van der Waals surface area contributed by atoms with Crippen LogP contribution in [0.15, 0.2) is 17.5 Å². The van der Waals surface area contributed by atoms with Crippen molar-refractivity contribution >= 4 is 17.2 Å². The lowest BCUT2D eigenvalue weighted by Crippen LogP contribution is -2.58. The molecule has 1 aliphatic carbocycles. The Labute approximate surface area is 129 Å². The Morgan fingerprint density at radius 3 is 2.67 bits per heavy atom. The molecule has 1 aromatic heterocycles. The molecule has 2 atom stereocenters. The number of rotatable bonds is 2. The summed E-state index contributed by atoms with van der Waals surface area (Å²) >= 11 is 1.77. The fourth-order valence-electron chi connectivity index (χ4n) is 4.49. The Hall–Kier alpha value is -0.910. The van der Waals surface area contributed by atoms with Crippen LogP contribution in [0.1, 0.15) is 36.7 Å². The molecule has 5 heteroatoms. The summed E-state index contributed by atoms with van der Waals surface area (Å²) in [5, 5.41) is 5.79. The number of carbonyl (C=O) groups is 1. The first kappa shape index (κ1) is 12.6. The highest BCUT2D eigenvalue weighted by atomic mass is 32.1. The molecule has 21 heavy (non-hydrogen) atoms. The zero-order chi connectivity index (χ0) is 14.0. The van der Waals surface area contributed by atoms with Crippen molar-refractivity contribution in [2.75, 3.05) is 19.6 Å². The zero-order valence-corrected chi connectivity index (χ0v) is 12.9. The minimum absolute atomic E-state index is 0.116. The van der Waals surface area contributed by atoms with Gasteiger partial charge in [-0.3, -0.25) is 10.1 Å². The summed E-state index contributed by atoms with van der Waals surface area (Å²) < 4.78 is 0. The third-order valence-electron chi connectivity index (χ3n) is 5.88. The minimum atomic E-state index is -0.208. The maximum absolute atomic E-state index is 13.0. The Kier molecular flexibility index (Phi) is 2.59. The summed E-state index contributed by atoms with van der Waals surface area (Å²) in [6, 6.07) is 4.68. The molecule has 5 aliphatic rings. The van der Waals surface area contributed by atoms with Gasteiger partial charge in [-0.05, 0) is 56.1 Å². The van der Waals surface area contributed by atoms with Crippen molar-refractivity contribution < 1.29 is 4.79 Å². The second-order valence-electron chi connectivity index (χ2n) is 7.06. The molecular weight excluding hydrogens is 282 g/mol. The number of amides is 1. The van der Waals surface area contributed by atoms with E-state index in [1.165, 1.54) is 30.8 Å². The molecule has 1 N–H and O–H groups in total. The van der Waals surface area contributed by atoms with E-state index in [1.54, 1.807) is 11.3 Å². The largest absolute Gasteiger partial charge is 0.316 e. The third-order valence-corrected chi connectivity index (χ3v) is 6.80. The Balaban J connectivity index is 1.51. The van der Waals surface area contributed by atoms with E-state index >= 15 is 0 Å². The second kappa shape index (κ2) is 4.31. The summed E-state index contributed by atoms with van der Waals surface area (Å²) in [5.41, 5.74) is -0.208. The molecule has 6 rings (SSSR count). The van der Waals surface area contributed by atoms with Crippen LogP contribution in [0.5, 0.6) is 0 Å². The van der Waals surface area contributed by atoms with Crippen LogP contribution in [0.2, 0.25) is 0 Å². The number of thiophene rings is 1. The van der Waals surface area contributed by atoms with E-state index in [9.17, 15) is 4.79 Å². The maximum atomic E-state index is 13.0. The van der Waals surface area contributed by atoms with E-state index in [0.29, 0.717) is 17.9 Å². The van der Waals surface area contributed by atoms with Gasteiger partial charge in [-0.1, -0.05) is 6.07 Å². The molecule has 5 fully saturated rings. The van der Waals surface area contributed by atoms with Gasteiger partial charge in [-0.15, -0.1) is 11.3 Å². The molecule has 5 heterocycles. The van der Waals surface area contributed by atoms with Crippen LogP contribution in [0.3, 0.4) is 0 Å². The van der Waals surface area contributed by atoms with Crippen molar-refractivity contribution in [3.63, 3.8) is 0 Å². The first-order valence-corrected chi connectivity index (χ1v) is 9.01. The number of piperidine rings is 3. The number of hydrogen-bond donors (Lipinski definition) is 1. The van der Waals surface area contributed by atoms with Crippen molar-refractivity contribution in [2.45, 2.75) is 43.4 Å². The summed E-state index contributed by atoms with van der Waals surface area (Å²) in [6.45, 7) is 3.53. The van der Waals surface area contributed by atoms with E-state index in [0.717, 1.165) is 19.4 Å². The highest BCUT2D eigenvalue weighted by molar-refractivity contribution is 7.10. The highest BCUT2D eigenvalue weighted by Crippen LogP contribution is 2.49. The quantitative estimate of drug-likeness (QED) is 0.905. The lowest BCUT2D eigenvalue weighted by molar-refractivity contribution is -0.137. The number of nitrogens with zero attached hydrogens (tertiary/aromatic N) is 2. The van der Waals surface area contributed by atoms with E-state index in [2.05, 4.69) is 32.6 Å². The van der Waals surface area contributed by atoms with Crippen molar-refractivity contribution in [3.05, 3.63) is 22.4 Å². The Morgan fingerprint density at radius 1 is 1.29 bits per heavy atom. The smallest absolute Gasteiger partial charge is 0.244 e. The predicted molar refractivity (Wildman–Crippen MR) is 82.0 cm³/mol. The van der Waals surface area contributed by atoms with Gasteiger partial charge in [0.05, 0.1) is 0 Å². The average molecular weight is 303 g/mol. The second-order valence-corrected chi connectivity index (χ2v) is 8.04. The van der Waals surface area contributed by atoms with Crippen molar-refractivity contribution in [1.82, 2.24) is 15.1 Å². The van der Waals surface area contributed by atoms with Crippen LogP contribution >= 0.6 is 11.3 Å². The summed E-state index contributed by atoms with van der Waals surface area (Å²) in [7, 11) is 0. The summed E-state index contributed by atoms with van der Waals surface area (Å²) in [6.07, 6.45) is 4.68. The van der Waals surface area contributed by atoms with Crippen molar-refractivity contribution in [1.29, 1.82) is 0 Å². The maximum Gasteiger partial charge on any atom is 0.244 e. The Morgan fingerprint density at radius 2 is 2.10 bits per heavy atom. The van der Waals surface area contributed by atoms with E-state index < -0.39 is 0 Å². The molecule has 1 aromatic rings. The van der Waals surface area contributed by atoms with Crippen LogP contribution in [0.4, 0.5) is 0 Å². The molecule has 1 spiro atoms. The minimum Gasteiger partial charge on any atom is -0.316 e. The lowest BCUT2D eigenvalue weighted by Gasteiger charge is -2.49. The van der Waals surface area contributed by atoms with Gasteiger partial charge in [0.25, 0.3) is 0 Å². The van der Waals surface area contributed by atoms with Gasteiger partial charge in [-0.25, -0.2) is 0 Å². The SMILES string of the molecule is O=C1N(C2CN3CCC2CC3)C(c2cccs2)NC12CC2. The van der Waals surface area contributed by atoms with Gasteiger partial charge in [0.1, 0.15) is 11.7 Å². The normalized spacial score (nSPS) is 40.2. The molecule has 0 aromatic carbocycles. The fraction of sp³-hybridized carbons (Fsp3) is 0.688. The summed E-state index contributed by atoms with van der Waals surface area (Å²) in [5.74, 6) is 1.08. The molecular formula is C16H21N3OS. The molecule has 0 radical (unpaired) electrons. The van der Waals surface area contributed by atoms with Gasteiger partial charge in [0, 0.05) is 17.5 Å². The average Bonchev–Trinajstić information content (AvgIpc) is 2.99. The number of nitrogens with one attached hydrogen (secondary N) is 1. The van der Waals surface area contributed by atoms with Crippen LogP contribution in [-0.2, 0) is 4.79 Å². The molecule has 1 saturated carbocycles. The van der Waals surface area contributed by atoms with Crippen LogP contribution < -0.4 is 5.32 Å². The monoisotopic (exact) mass is 303 g/mol. The molecule has 2 unspecified atom stereocenters.